The van der Waals surface area contributed by atoms with Crippen molar-refractivity contribution in [3.8, 4) is 0 Å². The Labute approximate surface area is 59.1 Å². The Kier molecular flexibility index (Phi) is 1.35. The van der Waals surface area contributed by atoms with E-state index in [1.165, 1.54) is 25.5 Å². The van der Waals surface area contributed by atoms with E-state index in [1.807, 2.05) is 0 Å². The van der Waals surface area contributed by atoms with Crippen molar-refractivity contribution < 1.29 is 0 Å². The van der Waals surface area contributed by atoms with Crippen molar-refractivity contribution in [3.05, 3.63) is 0 Å². The Morgan fingerprint density at radius 2 is 1.67 bits per heavy atom. The molecule has 2 atom stereocenters. The average Bonchev–Trinajstić information content (AvgIpc) is 2.22. The van der Waals surface area contributed by atoms with E-state index >= 15 is 0 Å². The van der Waals surface area contributed by atoms with Gasteiger partial charge in [-0.3, -0.25) is 0 Å². The first-order valence-corrected chi connectivity index (χ1v) is 3.93. The van der Waals surface area contributed by atoms with Gasteiger partial charge in [0, 0.05) is 0 Å². The minimum absolute atomic E-state index is 0.536. The predicted octanol–water partition coefficient (Wildman–Crippen LogP) is 1.52. The summed E-state index contributed by atoms with van der Waals surface area (Å²) in [6, 6.07) is 0. The smallest absolute Gasteiger partial charge is 0.0773 e. The summed E-state index contributed by atoms with van der Waals surface area (Å²) in [5.41, 5.74) is 0. The summed E-state index contributed by atoms with van der Waals surface area (Å²) >= 11 is 0. The molecule has 1 heterocycles. The Balaban J connectivity index is 2.02. The summed E-state index contributed by atoms with van der Waals surface area (Å²) in [7, 11) is 8.24. The van der Waals surface area contributed by atoms with Gasteiger partial charge in [-0.2, -0.15) is 0 Å². The molecule has 0 N–H and O–H groups in total. The molecule has 1 saturated heterocycles. The lowest BCUT2D eigenvalue weighted by Crippen LogP contribution is -1.94. The third-order valence-electron chi connectivity index (χ3n) is 2.82. The van der Waals surface area contributed by atoms with Crippen molar-refractivity contribution in [1.82, 2.24) is 0 Å². The SMILES string of the molecule is [B]C1CC2C[B]CC2C1. The zero-order chi connectivity index (χ0) is 6.27. The molecule has 0 aromatic rings. The van der Waals surface area contributed by atoms with Crippen molar-refractivity contribution in [1.29, 1.82) is 0 Å². The maximum Gasteiger partial charge on any atom is 0.110 e. The fourth-order valence-corrected chi connectivity index (χ4v) is 2.36. The number of fused-ring (bicyclic) bond motifs is 1. The van der Waals surface area contributed by atoms with Gasteiger partial charge in [-0.1, -0.05) is 31.3 Å². The Bertz CT molecular complexity index is 101. The van der Waals surface area contributed by atoms with Crippen molar-refractivity contribution in [3.63, 3.8) is 0 Å². The molecule has 0 aromatic carbocycles. The van der Waals surface area contributed by atoms with E-state index in [4.69, 9.17) is 7.85 Å². The van der Waals surface area contributed by atoms with Gasteiger partial charge in [0.2, 0.25) is 0 Å². The van der Waals surface area contributed by atoms with E-state index in [9.17, 15) is 0 Å². The molecular formula is C7H11B2. The minimum atomic E-state index is 0.536. The topological polar surface area (TPSA) is 0 Å². The Morgan fingerprint density at radius 3 is 2.22 bits per heavy atom. The predicted molar refractivity (Wildman–Crippen MR) is 41.1 cm³/mol. The second kappa shape index (κ2) is 2.07. The molecule has 0 aromatic heterocycles. The zero-order valence-corrected chi connectivity index (χ0v) is 5.72. The fraction of sp³-hybridized carbons (Fsp3) is 1.00. The van der Waals surface area contributed by atoms with Gasteiger partial charge in [0.25, 0.3) is 0 Å². The van der Waals surface area contributed by atoms with Gasteiger partial charge in [-0.05, 0) is 11.8 Å². The van der Waals surface area contributed by atoms with Gasteiger partial charge < -0.3 is 0 Å². The van der Waals surface area contributed by atoms with Gasteiger partial charge in [-0.15, -0.1) is 0 Å². The first kappa shape index (κ1) is 5.88. The highest BCUT2D eigenvalue weighted by atomic mass is 14.3. The van der Waals surface area contributed by atoms with Crippen LogP contribution in [0.1, 0.15) is 12.8 Å². The summed E-state index contributed by atoms with van der Waals surface area (Å²) in [5.74, 6) is 2.48. The van der Waals surface area contributed by atoms with Crippen molar-refractivity contribution in [2.24, 2.45) is 11.8 Å². The van der Waals surface area contributed by atoms with Gasteiger partial charge in [0.1, 0.15) is 7.28 Å². The summed E-state index contributed by atoms with van der Waals surface area (Å²) in [4.78, 5) is 0. The highest BCUT2D eigenvalue weighted by molar-refractivity contribution is 6.36. The summed E-state index contributed by atoms with van der Waals surface area (Å²) in [5, 5.41) is 0. The van der Waals surface area contributed by atoms with Crippen molar-refractivity contribution in [2.45, 2.75) is 31.3 Å². The second-order valence-corrected chi connectivity index (χ2v) is 3.51. The molecule has 9 heavy (non-hydrogen) atoms. The zero-order valence-electron chi connectivity index (χ0n) is 5.72. The summed E-state index contributed by atoms with van der Waals surface area (Å²) in [6.45, 7) is 0. The molecule has 2 rings (SSSR count). The van der Waals surface area contributed by atoms with E-state index in [2.05, 4.69) is 7.28 Å². The highest BCUT2D eigenvalue weighted by Gasteiger charge is 2.34. The van der Waals surface area contributed by atoms with Crippen LogP contribution in [0.15, 0.2) is 0 Å². The van der Waals surface area contributed by atoms with Crippen LogP contribution >= 0.6 is 0 Å². The van der Waals surface area contributed by atoms with Crippen molar-refractivity contribution >= 4 is 15.1 Å². The molecule has 1 saturated carbocycles. The molecule has 1 aliphatic heterocycles. The average molecular weight is 117 g/mol. The molecule has 0 spiro atoms. The molecule has 2 unspecified atom stereocenters. The lowest BCUT2D eigenvalue weighted by Gasteiger charge is -2.05. The second-order valence-electron chi connectivity index (χ2n) is 3.51. The summed E-state index contributed by atoms with van der Waals surface area (Å²) in [6.07, 6.45) is 5.28. The fourth-order valence-electron chi connectivity index (χ4n) is 2.36. The lowest BCUT2D eigenvalue weighted by atomic mass is 9.72. The Hall–Kier alpha value is 0.130. The van der Waals surface area contributed by atoms with Crippen LogP contribution in [-0.4, -0.2) is 15.1 Å². The molecule has 2 aliphatic rings. The third kappa shape index (κ3) is 0.929. The first-order chi connectivity index (χ1) is 4.36. The summed E-state index contributed by atoms with van der Waals surface area (Å²) < 4.78 is 0. The van der Waals surface area contributed by atoms with Gasteiger partial charge in [-0.25, -0.2) is 0 Å². The van der Waals surface area contributed by atoms with Crippen LogP contribution in [0.4, 0.5) is 0 Å². The van der Waals surface area contributed by atoms with Crippen LogP contribution in [0.2, 0.25) is 18.5 Å². The normalized spacial score (nSPS) is 48.7. The maximum absolute atomic E-state index is 5.81. The van der Waals surface area contributed by atoms with E-state index in [0.717, 1.165) is 11.8 Å². The van der Waals surface area contributed by atoms with Gasteiger partial charge >= 0.3 is 0 Å². The number of hydrogen-bond acceptors (Lipinski definition) is 0. The highest BCUT2D eigenvalue weighted by Crippen LogP contribution is 2.46. The first-order valence-electron chi connectivity index (χ1n) is 3.93. The van der Waals surface area contributed by atoms with Crippen LogP contribution in [0.3, 0.4) is 0 Å². The standard InChI is InChI=1S/C7H11B2/c8-7-1-5-3-9-4-6(5)2-7/h5-7H,1-4H2. The molecule has 2 fully saturated rings. The van der Waals surface area contributed by atoms with Crippen molar-refractivity contribution in [2.75, 3.05) is 0 Å². The minimum Gasteiger partial charge on any atom is -0.0773 e. The van der Waals surface area contributed by atoms with E-state index < -0.39 is 0 Å². The molecule has 0 nitrogen and oxygen atoms in total. The van der Waals surface area contributed by atoms with Gasteiger partial charge in [0.05, 0.1) is 7.85 Å². The lowest BCUT2D eigenvalue weighted by molar-refractivity contribution is 0.486. The molecular weight excluding hydrogens is 106 g/mol. The molecule has 45 valence electrons. The quantitative estimate of drug-likeness (QED) is 0.422. The molecule has 1 aliphatic carbocycles. The van der Waals surface area contributed by atoms with Crippen LogP contribution < -0.4 is 0 Å². The maximum atomic E-state index is 5.81. The van der Waals surface area contributed by atoms with E-state index in [0.29, 0.717) is 5.82 Å². The van der Waals surface area contributed by atoms with Gasteiger partial charge in [0.15, 0.2) is 0 Å². The monoisotopic (exact) mass is 117 g/mol. The molecule has 0 bridgehead atoms. The Morgan fingerprint density at radius 1 is 1.11 bits per heavy atom. The van der Waals surface area contributed by atoms with E-state index in [-0.39, 0.29) is 0 Å². The third-order valence-corrected chi connectivity index (χ3v) is 2.82. The number of hydrogen-bond donors (Lipinski definition) is 0. The van der Waals surface area contributed by atoms with Crippen LogP contribution in [0.25, 0.3) is 0 Å². The molecule has 3 radical (unpaired) electrons. The molecule has 2 heteroatoms. The van der Waals surface area contributed by atoms with Crippen LogP contribution in [0.5, 0.6) is 0 Å². The molecule has 0 amide bonds. The van der Waals surface area contributed by atoms with Crippen LogP contribution in [-0.2, 0) is 0 Å². The van der Waals surface area contributed by atoms with Crippen LogP contribution in [0, 0.1) is 11.8 Å². The number of rotatable bonds is 0. The largest absolute Gasteiger partial charge is 0.110 e. The van der Waals surface area contributed by atoms with E-state index in [1.54, 1.807) is 0 Å².